The molecule has 0 saturated heterocycles. The smallest absolute Gasteiger partial charge is 0.264 e. The zero-order valence-corrected chi connectivity index (χ0v) is 22.2. The summed E-state index contributed by atoms with van der Waals surface area (Å²) < 4.78 is 29.0. The van der Waals surface area contributed by atoms with E-state index in [1.54, 1.807) is 72.8 Å². The van der Waals surface area contributed by atoms with Gasteiger partial charge in [0.05, 0.1) is 22.7 Å². The highest BCUT2D eigenvalue weighted by molar-refractivity contribution is 7.92. The molecule has 0 aromatic heterocycles. The summed E-state index contributed by atoms with van der Waals surface area (Å²) in [6, 6.07) is 30.6. The standard InChI is InChI=1S/C30H29ClN2O3S/c1-23-13-19-27(20-14-23)37(35,36)33(22-25-15-17-26(31)18-16-25)29-12-6-5-11-28(29)30(34)32-21-7-10-24-8-3-2-4-9-24/h2-6,8-9,11-20H,7,10,21-22H2,1H3,(H,32,34). The number of halogens is 1. The Morgan fingerprint density at radius 2 is 1.46 bits per heavy atom. The van der Waals surface area contributed by atoms with Crippen molar-refractivity contribution < 1.29 is 13.2 Å². The number of carbonyl (C=O) groups is 1. The van der Waals surface area contributed by atoms with Crippen LogP contribution in [-0.2, 0) is 23.0 Å². The molecule has 0 atom stereocenters. The van der Waals surface area contributed by atoms with E-state index in [0.717, 1.165) is 24.0 Å². The van der Waals surface area contributed by atoms with Crippen LogP contribution in [0.3, 0.4) is 0 Å². The van der Waals surface area contributed by atoms with Crippen molar-refractivity contribution in [2.24, 2.45) is 0 Å². The van der Waals surface area contributed by atoms with E-state index in [2.05, 4.69) is 17.4 Å². The van der Waals surface area contributed by atoms with Gasteiger partial charge in [0.15, 0.2) is 0 Å². The first kappa shape index (κ1) is 26.5. The second-order valence-corrected chi connectivity index (χ2v) is 11.1. The Morgan fingerprint density at radius 1 is 0.811 bits per heavy atom. The van der Waals surface area contributed by atoms with Crippen LogP contribution in [0.5, 0.6) is 0 Å². The van der Waals surface area contributed by atoms with Crippen LogP contribution in [0, 0.1) is 6.92 Å². The van der Waals surface area contributed by atoms with E-state index in [-0.39, 0.29) is 17.3 Å². The van der Waals surface area contributed by atoms with Crippen molar-refractivity contribution in [1.82, 2.24) is 5.32 Å². The van der Waals surface area contributed by atoms with Gasteiger partial charge < -0.3 is 5.32 Å². The van der Waals surface area contributed by atoms with Gasteiger partial charge in [0.1, 0.15) is 0 Å². The molecule has 37 heavy (non-hydrogen) atoms. The summed E-state index contributed by atoms with van der Waals surface area (Å²) in [5.41, 5.74) is 3.53. The molecule has 4 rings (SSSR count). The number of hydrogen-bond donors (Lipinski definition) is 1. The number of rotatable bonds is 10. The van der Waals surface area contributed by atoms with E-state index in [1.165, 1.54) is 9.87 Å². The lowest BCUT2D eigenvalue weighted by Crippen LogP contribution is -2.34. The summed E-state index contributed by atoms with van der Waals surface area (Å²) >= 11 is 6.05. The SMILES string of the molecule is Cc1ccc(S(=O)(=O)N(Cc2ccc(Cl)cc2)c2ccccc2C(=O)NCCCc2ccccc2)cc1. The molecule has 0 saturated carbocycles. The molecule has 7 heteroatoms. The van der Waals surface area contributed by atoms with Crippen LogP contribution in [0.4, 0.5) is 5.69 Å². The molecule has 0 aliphatic carbocycles. The van der Waals surface area contributed by atoms with E-state index in [4.69, 9.17) is 11.6 Å². The number of aryl methyl sites for hydroxylation is 2. The quantitative estimate of drug-likeness (QED) is 0.240. The second kappa shape index (κ2) is 12.1. The minimum Gasteiger partial charge on any atom is -0.352 e. The van der Waals surface area contributed by atoms with Crippen LogP contribution in [-0.4, -0.2) is 20.9 Å². The summed E-state index contributed by atoms with van der Waals surface area (Å²) in [4.78, 5) is 13.4. The van der Waals surface area contributed by atoms with Gasteiger partial charge in [-0.15, -0.1) is 0 Å². The fraction of sp³-hybridized carbons (Fsp3) is 0.167. The molecule has 0 spiro atoms. The van der Waals surface area contributed by atoms with Crippen LogP contribution in [0.15, 0.2) is 108 Å². The third kappa shape index (κ3) is 6.79. The molecular formula is C30H29ClN2O3S. The van der Waals surface area contributed by atoms with Gasteiger partial charge in [0.2, 0.25) is 0 Å². The van der Waals surface area contributed by atoms with E-state index >= 15 is 0 Å². The van der Waals surface area contributed by atoms with E-state index < -0.39 is 10.0 Å². The Bertz CT molecular complexity index is 1440. The molecule has 0 fully saturated rings. The molecule has 0 aliphatic rings. The summed E-state index contributed by atoms with van der Waals surface area (Å²) in [6.45, 7) is 2.43. The van der Waals surface area contributed by atoms with Crippen molar-refractivity contribution >= 4 is 33.2 Å². The lowest BCUT2D eigenvalue weighted by atomic mass is 10.1. The topological polar surface area (TPSA) is 66.5 Å². The van der Waals surface area contributed by atoms with Crippen LogP contribution >= 0.6 is 11.6 Å². The number of anilines is 1. The minimum atomic E-state index is -3.98. The van der Waals surface area contributed by atoms with Crippen LogP contribution in [0.1, 0.15) is 33.5 Å². The van der Waals surface area contributed by atoms with Crippen molar-refractivity contribution in [3.8, 4) is 0 Å². The fourth-order valence-electron chi connectivity index (χ4n) is 4.01. The first-order valence-corrected chi connectivity index (χ1v) is 13.9. The van der Waals surface area contributed by atoms with Gasteiger partial charge in [-0.1, -0.05) is 83.9 Å². The number of nitrogens with zero attached hydrogens (tertiary/aromatic N) is 1. The van der Waals surface area contributed by atoms with Gasteiger partial charge in [-0.3, -0.25) is 9.10 Å². The molecule has 190 valence electrons. The number of amides is 1. The first-order chi connectivity index (χ1) is 17.8. The third-order valence-corrected chi connectivity index (χ3v) is 8.06. The van der Waals surface area contributed by atoms with E-state index in [9.17, 15) is 13.2 Å². The number of para-hydroxylation sites is 1. The number of sulfonamides is 1. The molecule has 0 aliphatic heterocycles. The number of benzene rings is 4. The Balaban J connectivity index is 1.62. The van der Waals surface area contributed by atoms with Gasteiger partial charge in [0.25, 0.3) is 15.9 Å². The summed E-state index contributed by atoms with van der Waals surface area (Å²) in [5.74, 6) is -0.316. The second-order valence-electron chi connectivity index (χ2n) is 8.81. The van der Waals surface area contributed by atoms with Crippen molar-refractivity contribution in [3.63, 3.8) is 0 Å². The van der Waals surface area contributed by atoms with Crippen LogP contribution in [0.2, 0.25) is 5.02 Å². The third-order valence-electron chi connectivity index (χ3n) is 6.04. The molecule has 0 unspecified atom stereocenters. The Morgan fingerprint density at radius 3 is 2.16 bits per heavy atom. The first-order valence-electron chi connectivity index (χ1n) is 12.1. The van der Waals surface area contributed by atoms with Gasteiger partial charge in [-0.05, 0) is 67.3 Å². The Hall–Kier alpha value is -3.61. The largest absolute Gasteiger partial charge is 0.352 e. The van der Waals surface area contributed by atoms with Crippen molar-refractivity contribution in [1.29, 1.82) is 0 Å². The maximum atomic E-state index is 13.9. The average molecular weight is 533 g/mol. The van der Waals surface area contributed by atoms with Gasteiger partial charge in [-0.25, -0.2) is 8.42 Å². The number of hydrogen-bond acceptors (Lipinski definition) is 3. The summed E-state index contributed by atoms with van der Waals surface area (Å²) in [6.07, 6.45) is 1.61. The highest BCUT2D eigenvalue weighted by Crippen LogP contribution is 2.30. The number of nitrogens with one attached hydrogen (secondary N) is 1. The predicted molar refractivity (Wildman–Crippen MR) is 150 cm³/mol. The van der Waals surface area contributed by atoms with Crippen LogP contribution < -0.4 is 9.62 Å². The van der Waals surface area contributed by atoms with Gasteiger partial charge in [0, 0.05) is 11.6 Å². The predicted octanol–water partition coefficient (Wildman–Crippen LogP) is 6.41. The minimum absolute atomic E-state index is 0.0473. The molecule has 1 N–H and O–H groups in total. The maximum Gasteiger partial charge on any atom is 0.264 e. The molecule has 0 bridgehead atoms. The summed E-state index contributed by atoms with van der Waals surface area (Å²) in [7, 11) is -3.98. The lowest BCUT2D eigenvalue weighted by molar-refractivity contribution is 0.0954. The fourth-order valence-corrected chi connectivity index (χ4v) is 5.61. The van der Waals surface area contributed by atoms with E-state index in [1.807, 2.05) is 25.1 Å². The Kier molecular flexibility index (Phi) is 8.64. The highest BCUT2D eigenvalue weighted by atomic mass is 35.5. The molecule has 0 heterocycles. The maximum absolute atomic E-state index is 13.9. The molecule has 0 radical (unpaired) electrons. The normalized spacial score (nSPS) is 11.2. The van der Waals surface area contributed by atoms with Crippen molar-refractivity contribution in [2.45, 2.75) is 31.2 Å². The average Bonchev–Trinajstić information content (AvgIpc) is 2.91. The number of carbonyl (C=O) groups excluding carboxylic acids is 1. The molecule has 4 aromatic rings. The zero-order chi connectivity index (χ0) is 26.3. The van der Waals surface area contributed by atoms with Crippen molar-refractivity contribution in [2.75, 3.05) is 10.8 Å². The zero-order valence-electron chi connectivity index (χ0n) is 20.6. The molecule has 1 amide bonds. The van der Waals surface area contributed by atoms with Crippen LogP contribution in [0.25, 0.3) is 0 Å². The summed E-state index contributed by atoms with van der Waals surface area (Å²) in [5, 5.41) is 3.52. The molecular weight excluding hydrogens is 504 g/mol. The highest BCUT2D eigenvalue weighted by Gasteiger charge is 2.28. The van der Waals surface area contributed by atoms with Gasteiger partial charge >= 0.3 is 0 Å². The van der Waals surface area contributed by atoms with Gasteiger partial charge in [-0.2, -0.15) is 0 Å². The van der Waals surface area contributed by atoms with Crippen molar-refractivity contribution in [3.05, 3.63) is 130 Å². The molecule has 5 nitrogen and oxygen atoms in total. The molecule has 4 aromatic carbocycles. The lowest BCUT2D eigenvalue weighted by Gasteiger charge is -2.27. The monoisotopic (exact) mass is 532 g/mol. The van der Waals surface area contributed by atoms with E-state index in [0.29, 0.717) is 22.8 Å². The Labute approximate surface area is 223 Å².